The maximum atomic E-state index is 13.3. The van der Waals surface area contributed by atoms with E-state index in [2.05, 4.69) is 4.98 Å². The molecule has 172 valence electrons. The van der Waals surface area contributed by atoms with Crippen molar-refractivity contribution in [2.45, 2.75) is 27.2 Å². The summed E-state index contributed by atoms with van der Waals surface area (Å²) >= 11 is 0. The molecule has 1 aromatic carbocycles. The predicted molar refractivity (Wildman–Crippen MR) is 121 cm³/mol. The van der Waals surface area contributed by atoms with Gasteiger partial charge < -0.3 is 24.0 Å². The first kappa shape index (κ1) is 23.4. The van der Waals surface area contributed by atoms with Crippen molar-refractivity contribution in [1.82, 2.24) is 14.8 Å². The van der Waals surface area contributed by atoms with Crippen LogP contribution in [0.15, 0.2) is 36.5 Å². The second-order valence-electron chi connectivity index (χ2n) is 7.25. The summed E-state index contributed by atoms with van der Waals surface area (Å²) in [5.74, 6) is 1.26. The molecule has 8 heteroatoms. The molecule has 3 rings (SSSR count). The lowest BCUT2D eigenvalue weighted by Crippen LogP contribution is -2.37. The van der Waals surface area contributed by atoms with Crippen LogP contribution in [0.5, 0.6) is 17.2 Å². The molecule has 0 aliphatic carbocycles. The number of hydrogen-bond acceptors (Lipinski definition) is 6. The third kappa shape index (κ3) is 5.49. The monoisotopic (exact) mass is 441 g/mol. The van der Waals surface area contributed by atoms with Crippen LogP contribution in [0.2, 0.25) is 0 Å². The van der Waals surface area contributed by atoms with Crippen LogP contribution in [0.25, 0.3) is 0 Å². The van der Waals surface area contributed by atoms with Crippen LogP contribution < -0.4 is 14.2 Å². The summed E-state index contributed by atoms with van der Waals surface area (Å²) in [6.45, 7) is 9.03. The van der Waals surface area contributed by atoms with E-state index in [0.717, 1.165) is 0 Å². The number of benzene rings is 1. The van der Waals surface area contributed by atoms with Crippen molar-refractivity contribution in [2.75, 3.05) is 46.0 Å². The van der Waals surface area contributed by atoms with E-state index in [-0.39, 0.29) is 11.8 Å². The van der Waals surface area contributed by atoms with Crippen LogP contribution in [0.3, 0.4) is 0 Å². The molecular formula is C24H31N3O5. The van der Waals surface area contributed by atoms with Crippen LogP contribution in [-0.4, -0.2) is 72.6 Å². The van der Waals surface area contributed by atoms with Gasteiger partial charge in [-0.3, -0.25) is 14.6 Å². The highest BCUT2D eigenvalue weighted by Gasteiger charge is 2.26. The molecule has 0 radical (unpaired) electrons. The van der Waals surface area contributed by atoms with Crippen molar-refractivity contribution in [3.63, 3.8) is 0 Å². The van der Waals surface area contributed by atoms with Crippen molar-refractivity contribution in [1.29, 1.82) is 0 Å². The fraction of sp³-hybridized carbons (Fsp3) is 0.458. The average molecular weight is 442 g/mol. The highest BCUT2D eigenvalue weighted by atomic mass is 16.5. The summed E-state index contributed by atoms with van der Waals surface area (Å²) in [4.78, 5) is 33.8. The molecule has 0 unspecified atom stereocenters. The zero-order valence-electron chi connectivity index (χ0n) is 19.0. The van der Waals surface area contributed by atoms with E-state index in [4.69, 9.17) is 14.2 Å². The zero-order valence-corrected chi connectivity index (χ0v) is 19.0. The molecule has 2 heterocycles. The molecule has 0 spiro atoms. The highest BCUT2D eigenvalue weighted by Crippen LogP contribution is 2.39. The molecule has 2 amide bonds. The summed E-state index contributed by atoms with van der Waals surface area (Å²) in [5.41, 5.74) is 0.895. The Morgan fingerprint density at radius 2 is 1.44 bits per heavy atom. The Kier molecular flexibility index (Phi) is 8.30. The molecule has 1 aromatic heterocycles. The van der Waals surface area contributed by atoms with Crippen molar-refractivity contribution >= 4 is 11.8 Å². The number of amides is 2. The van der Waals surface area contributed by atoms with E-state index in [0.29, 0.717) is 80.9 Å². The molecule has 8 nitrogen and oxygen atoms in total. The van der Waals surface area contributed by atoms with Gasteiger partial charge in [0.05, 0.1) is 19.8 Å². The molecule has 1 aliphatic rings. The van der Waals surface area contributed by atoms with Gasteiger partial charge in [-0.2, -0.15) is 0 Å². The first-order chi connectivity index (χ1) is 15.6. The molecule has 1 aliphatic heterocycles. The number of carbonyl (C=O) groups excluding carboxylic acids is 2. The maximum Gasteiger partial charge on any atom is 0.272 e. The minimum absolute atomic E-state index is 0.113. The SMILES string of the molecule is CCOc1cc(C(=O)N2CCCN(C(=O)c3ccccn3)CC2)cc(OCC)c1OCC. The Bertz CT molecular complexity index is 892. The number of nitrogens with zero attached hydrogens (tertiary/aromatic N) is 3. The quantitative estimate of drug-likeness (QED) is 0.626. The first-order valence-corrected chi connectivity index (χ1v) is 11.1. The zero-order chi connectivity index (χ0) is 22.9. The van der Waals surface area contributed by atoms with Gasteiger partial charge >= 0.3 is 0 Å². The lowest BCUT2D eigenvalue weighted by molar-refractivity contribution is 0.0715. The number of ether oxygens (including phenoxy) is 3. The predicted octanol–water partition coefficient (Wildman–Crippen LogP) is 3.27. The molecular weight excluding hydrogens is 410 g/mol. The molecule has 32 heavy (non-hydrogen) atoms. The Morgan fingerprint density at radius 1 is 0.844 bits per heavy atom. The number of aromatic nitrogens is 1. The largest absolute Gasteiger partial charge is 0.490 e. The van der Waals surface area contributed by atoms with Crippen LogP contribution >= 0.6 is 0 Å². The van der Waals surface area contributed by atoms with Gasteiger partial charge in [-0.25, -0.2) is 0 Å². The summed E-state index contributed by atoms with van der Waals surface area (Å²) in [6.07, 6.45) is 2.30. The summed E-state index contributed by atoms with van der Waals surface area (Å²) in [6, 6.07) is 8.71. The van der Waals surface area contributed by atoms with E-state index in [9.17, 15) is 9.59 Å². The van der Waals surface area contributed by atoms with Crippen LogP contribution in [0.4, 0.5) is 0 Å². The average Bonchev–Trinajstić information content (AvgIpc) is 3.07. The van der Waals surface area contributed by atoms with E-state index >= 15 is 0 Å². The van der Waals surface area contributed by atoms with Gasteiger partial charge in [0.25, 0.3) is 11.8 Å². The van der Waals surface area contributed by atoms with Crippen molar-refractivity contribution in [3.05, 3.63) is 47.8 Å². The first-order valence-electron chi connectivity index (χ1n) is 11.1. The van der Waals surface area contributed by atoms with Gasteiger partial charge in [-0.15, -0.1) is 0 Å². The third-order valence-corrected chi connectivity index (χ3v) is 5.11. The van der Waals surface area contributed by atoms with Gasteiger partial charge in [0.2, 0.25) is 5.75 Å². The van der Waals surface area contributed by atoms with Gasteiger partial charge in [-0.05, 0) is 51.5 Å². The fourth-order valence-corrected chi connectivity index (χ4v) is 3.67. The normalized spacial score (nSPS) is 14.0. The molecule has 0 N–H and O–H groups in total. The maximum absolute atomic E-state index is 13.3. The van der Waals surface area contributed by atoms with Crippen molar-refractivity contribution in [3.8, 4) is 17.2 Å². The molecule has 2 aromatic rings. The molecule has 1 fully saturated rings. The lowest BCUT2D eigenvalue weighted by Gasteiger charge is -2.23. The van der Waals surface area contributed by atoms with Gasteiger partial charge in [0, 0.05) is 37.9 Å². The minimum atomic E-state index is -0.123. The number of carbonyl (C=O) groups is 2. The summed E-state index contributed by atoms with van der Waals surface area (Å²) in [7, 11) is 0. The van der Waals surface area contributed by atoms with E-state index in [1.165, 1.54) is 0 Å². The second kappa shape index (κ2) is 11.4. The van der Waals surface area contributed by atoms with E-state index < -0.39 is 0 Å². The Morgan fingerprint density at radius 3 is 1.97 bits per heavy atom. The Hall–Kier alpha value is -3.29. The Labute approximate surface area is 189 Å². The summed E-state index contributed by atoms with van der Waals surface area (Å²) in [5, 5.41) is 0. The van der Waals surface area contributed by atoms with Gasteiger partial charge in [-0.1, -0.05) is 6.07 Å². The van der Waals surface area contributed by atoms with Crippen LogP contribution in [-0.2, 0) is 0 Å². The van der Waals surface area contributed by atoms with Crippen molar-refractivity contribution in [2.24, 2.45) is 0 Å². The van der Waals surface area contributed by atoms with Crippen molar-refractivity contribution < 1.29 is 23.8 Å². The summed E-state index contributed by atoms with van der Waals surface area (Å²) < 4.78 is 17.2. The number of rotatable bonds is 8. The molecule has 0 bridgehead atoms. The highest BCUT2D eigenvalue weighted by molar-refractivity contribution is 5.96. The standard InChI is InChI=1S/C24H31N3O5/c1-4-30-20-16-18(17-21(31-5-2)22(20)32-6-3)23(28)26-12-9-13-27(15-14-26)24(29)19-10-7-8-11-25-19/h7-8,10-11,16-17H,4-6,9,12-15H2,1-3H3. The minimum Gasteiger partial charge on any atom is -0.490 e. The lowest BCUT2D eigenvalue weighted by atomic mass is 10.1. The smallest absolute Gasteiger partial charge is 0.272 e. The fourth-order valence-electron chi connectivity index (χ4n) is 3.67. The molecule has 0 atom stereocenters. The topological polar surface area (TPSA) is 81.2 Å². The van der Waals surface area contributed by atoms with Crippen LogP contribution in [0.1, 0.15) is 48.0 Å². The number of pyridine rings is 1. The number of hydrogen-bond donors (Lipinski definition) is 0. The second-order valence-corrected chi connectivity index (χ2v) is 7.25. The van der Waals surface area contributed by atoms with Gasteiger partial charge in [0.1, 0.15) is 5.69 Å². The van der Waals surface area contributed by atoms with Crippen LogP contribution in [0, 0.1) is 0 Å². The third-order valence-electron chi connectivity index (χ3n) is 5.11. The molecule has 1 saturated heterocycles. The van der Waals surface area contributed by atoms with E-state index in [1.54, 1.807) is 46.3 Å². The molecule has 0 saturated carbocycles. The van der Waals surface area contributed by atoms with E-state index in [1.807, 2.05) is 20.8 Å². The van der Waals surface area contributed by atoms with Gasteiger partial charge in [0.15, 0.2) is 11.5 Å². The Balaban J connectivity index is 1.78.